The van der Waals surface area contributed by atoms with Crippen molar-refractivity contribution < 1.29 is 28.5 Å². The van der Waals surface area contributed by atoms with Gasteiger partial charge in [-0.25, -0.2) is 4.79 Å². The van der Waals surface area contributed by atoms with E-state index in [0.717, 1.165) is 5.56 Å². The Hall–Kier alpha value is -3.74. The number of ketones is 1. The molecule has 0 saturated heterocycles. The van der Waals surface area contributed by atoms with Gasteiger partial charge in [0.25, 0.3) is 0 Å². The summed E-state index contributed by atoms with van der Waals surface area (Å²) >= 11 is 0. The van der Waals surface area contributed by atoms with Gasteiger partial charge in [-0.1, -0.05) is 24.3 Å². The van der Waals surface area contributed by atoms with Crippen molar-refractivity contribution in [1.29, 1.82) is 0 Å². The average molecular weight is 421 g/mol. The molecular weight excluding hydrogens is 398 g/mol. The van der Waals surface area contributed by atoms with Gasteiger partial charge < -0.3 is 24.3 Å². The van der Waals surface area contributed by atoms with E-state index in [0.29, 0.717) is 50.9 Å². The second-order valence-corrected chi connectivity index (χ2v) is 7.21. The summed E-state index contributed by atoms with van der Waals surface area (Å²) in [6, 6.07) is 10.9. The number of rotatable bonds is 5. The van der Waals surface area contributed by atoms with E-state index in [-0.39, 0.29) is 5.78 Å². The lowest BCUT2D eigenvalue weighted by Gasteiger charge is -2.29. The van der Waals surface area contributed by atoms with Crippen molar-refractivity contribution in [2.75, 3.05) is 28.4 Å². The predicted molar refractivity (Wildman–Crippen MR) is 114 cm³/mol. The van der Waals surface area contributed by atoms with Crippen LogP contribution in [0.1, 0.15) is 34.3 Å². The van der Waals surface area contributed by atoms with E-state index in [4.69, 9.17) is 18.9 Å². The molecule has 0 spiro atoms. The maximum absolute atomic E-state index is 13.5. The van der Waals surface area contributed by atoms with Gasteiger partial charge in [0, 0.05) is 28.3 Å². The van der Waals surface area contributed by atoms with Gasteiger partial charge in [-0.15, -0.1) is 0 Å². The Morgan fingerprint density at radius 2 is 1.55 bits per heavy atom. The number of methoxy groups -OCH3 is 4. The number of esters is 1. The summed E-state index contributed by atoms with van der Waals surface area (Å²) in [6.45, 7) is 1.80. The molecule has 0 unspecified atom stereocenters. The van der Waals surface area contributed by atoms with Crippen LogP contribution in [0.15, 0.2) is 53.2 Å². The van der Waals surface area contributed by atoms with Crippen LogP contribution in [0.4, 0.5) is 0 Å². The molecule has 1 aliphatic heterocycles. The normalized spacial score (nSPS) is 17.1. The molecule has 0 fully saturated rings. The third-order valence-electron chi connectivity index (χ3n) is 5.67. The van der Waals surface area contributed by atoms with Crippen LogP contribution in [-0.2, 0) is 9.53 Å². The minimum Gasteiger partial charge on any atom is -0.493 e. The maximum atomic E-state index is 13.5. The number of hydrogen-bond acceptors (Lipinski definition) is 7. The second kappa shape index (κ2) is 7.83. The summed E-state index contributed by atoms with van der Waals surface area (Å²) < 4.78 is 21.5. The molecule has 2 aromatic carbocycles. The third kappa shape index (κ3) is 3.04. The monoisotopic (exact) mass is 421 g/mol. The number of hydrogen-bond donors (Lipinski definition) is 1. The van der Waals surface area contributed by atoms with Gasteiger partial charge in [-0.3, -0.25) is 4.79 Å². The molecule has 1 N–H and O–H groups in total. The Bertz CT molecular complexity index is 1140. The summed E-state index contributed by atoms with van der Waals surface area (Å²) in [5, 5.41) is 3.26. The smallest absolute Gasteiger partial charge is 0.336 e. The minimum atomic E-state index is -0.669. The highest BCUT2D eigenvalue weighted by atomic mass is 16.5. The zero-order valence-electron chi connectivity index (χ0n) is 18.0. The van der Waals surface area contributed by atoms with E-state index in [2.05, 4.69) is 5.32 Å². The first-order chi connectivity index (χ1) is 15.0. The van der Waals surface area contributed by atoms with Crippen LogP contribution >= 0.6 is 0 Å². The fraction of sp³-hybridized carbons (Fsp3) is 0.250. The SMILES string of the molecule is COC(=O)C1=C(C)NC2=C(C(=O)c3ccccc32)[C@H]1c1cc(OC)c(OC)c(OC)c1. The van der Waals surface area contributed by atoms with Crippen LogP contribution in [-0.4, -0.2) is 40.2 Å². The van der Waals surface area contributed by atoms with Crippen LogP contribution in [0.25, 0.3) is 5.70 Å². The number of dihydropyridines is 1. The Morgan fingerprint density at radius 3 is 2.10 bits per heavy atom. The minimum absolute atomic E-state index is 0.134. The molecule has 4 rings (SSSR count). The number of allylic oxidation sites excluding steroid dienone is 2. The highest BCUT2D eigenvalue weighted by Gasteiger charge is 2.43. The Labute approximate surface area is 180 Å². The van der Waals surface area contributed by atoms with Crippen molar-refractivity contribution in [2.24, 2.45) is 0 Å². The van der Waals surface area contributed by atoms with Gasteiger partial charge in [0.1, 0.15) is 0 Å². The molecule has 31 heavy (non-hydrogen) atoms. The molecule has 1 aliphatic carbocycles. The second-order valence-electron chi connectivity index (χ2n) is 7.21. The van der Waals surface area contributed by atoms with Gasteiger partial charge in [-0.05, 0) is 24.6 Å². The lowest BCUT2D eigenvalue weighted by atomic mass is 9.79. The zero-order valence-corrected chi connectivity index (χ0v) is 18.0. The van der Waals surface area contributed by atoms with Crippen LogP contribution < -0.4 is 19.5 Å². The standard InChI is InChI=1S/C24H23NO6/c1-12-18(24(27)31-5)19(13-10-16(28-2)23(30-4)17(11-13)29-3)20-21(25-12)14-8-6-7-9-15(14)22(20)26/h6-11,19,25H,1-5H3/t19-/m0/s1. The molecule has 0 aromatic heterocycles. The highest BCUT2D eigenvalue weighted by Crippen LogP contribution is 2.49. The van der Waals surface area contributed by atoms with Gasteiger partial charge in [0.15, 0.2) is 17.3 Å². The highest BCUT2D eigenvalue weighted by molar-refractivity contribution is 6.23. The number of fused-ring (bicyclic) bond motifs is 2. The predicted octanol–water partition coefficient (Wildman–Crippen LogP) is 3.45. The van der Waals surface area contributed by atoms with E-state index in [1.54, 1.807) is 25.1 Å². The van der Waals surface area contributed by atoms with Crippen LogP contribution in [0.2, 0.25) is 0 Å². The Morgan fingerprint density at radius 1 is 0.935 bits per heavy atom. The van der Waals surface area contributed by atoms with Gasteiger partial charge in [-0.2, -0.15) is 0 Å². The number of carbonyl (C=O) groups excluding carboxylic acids is 2. The first kappa shape index (κ1) is 20.5. The number of benzene rings is 2. The van der Waals surface area contributed by atoms with E-state index in [1.807, 2.05) is 18.2 Å². The molecule has 1 heterocycles. The third-order valence-corrected chi connectivity index (χ3v) is 5.67. The number of Topliss-reactive ketones (excluding diaryl/α,β-unsaturated/α-hetero) is 1. The molecule has 7 heteroatoms. The van der Waals surface area contributed by atoms with Gasteiger partial charge >= 0.3 is 5.97 Å². The average Bonchev–Trinajstić information content (AvgIpc) is 3.08. The van der Waals surface area contributed by atoms with Gasteiger partial charge in [0.2, 0.25) is 5.75 Å². The number of carbonyl (C=O) groups is 2. The van der Waals surface area contributed by atoms with E-state index < -0.39 is 11.9 Å². The van der Waals surface area contributed by atoms with Crippen molar-refractivity contribution in [3.8, 4) is 17.2 Å². The topological polar surface area (TPSA) is 83.1 Å². The van der Waals surface area contributed by atoms with Crippen LogP contribution in [0.3, 0.4) is 0 Å². The first-order valence-corrected chi connectivity index (χ1v) is 9.71. The summed E-state index contributed by atoms with van der Waals surface area (Å²) in [5.41, 5.74) is 4.22. The van der Waals surface area contributed by atoms with Crippen molar-refractivity contribution in [1.82, 2.24) is 5.32 Å². The fourth-order valence-electron chi connectivity index (χ4n) is 4.31. The van der Waals surface area contributed by atoms with Crippen molar-refractivity contribution >= 4 is 17.4 Å². The lowest BCUT2D eigenvalue weighted by Crippen LogP contribution is -2.29. The maximum Gasteiger partial charge on any atom is 0.336 e. The Balaban J connectivity index is 2.00. The molecule has 160 valence electrons. The first-order valence-electron chi connectivity index (χ1n) is 9.71. The van der Waals surface area contributed by atoms with Crippen LogP contribution in [0, 0.1) is 0 Å². The van der Waals surface area contributed by atoms with Crippen molar-refractivity contribution in [3.05, 3.63) is 69.9 Å². The zero-order chi connectivity index (χ0) is 22.3. The lowest BCUT2D eigenvalue weighted by molar-refractivity contribution is -0.136. The summed E-state index contributed by atoms with van der Waals surface area (Å²) in [6.07, 6.45) is 0. The molecule has 0 saturated carbocycles. The summed E-state index contributed by atoms with van der Waals surface area (Å²) in [7, 11) is 5.89. The number of nitrogens with one attached hydrogen (secondary N) is 1. The van der Waals surface area contributed by atoms with Gasteiger partial charge in [0.05, 0.1) is 39.7 Å². The fourth-order valence-corrected chi connectivity index (χ4v) is 4.31. The van der Waals surface area contributed by atoms with E-state index in [9.17, 15) is 9.59 Å². The summed E-state index contributed by atoms with van der Waals surface area (Å²) in [4.78, 5) is 26.3. The molecule has 2 aromatic rings. The molecule has 7 nitrogen and oxygen atoms in total. The van der Waals surface area contributed by atoms with E-state index in [1.165, 1.54) is 28.4 Å². The van der Waals surface area contributed by atoms with Crippen LogP contribution in [0.5, 0.6) is 17.2 Å². The molecular formula is C24H23NO6. The molecule has 0 radical (unpaired) electrons. The van der Waals surface area contributed by atoms with E-state index >= 15 is 0 Å². The Kier molecular flexibility index (Phi) is 5.19. The quantitative estimate of drug-likeness (QED) is 0.741. The molecule has 2 aliphatic rings. The molecule has 0 bridgehead atoms. The summed E-state index contributed by atoms with van der Waals surface area (Å²) in [5.74, 6) is -0.0231. The molecule has 1 atom stereocenters. The largest absolute Gasteiger partial charge is 0.493 e. The van der Waals surface area contributed by atoms with Crippen molar-refractivity contribution in [2.45, 2.75) is 12.8 Å². The number of ether oxygens (including phenoxy) is 4. The van der Waals surface area contributed by atoms with Crippen molar-refractivity contribution in [3.63, 3.8) is 0 Å². The molecule has 0 amide bonds.